The number of aliphatic imine (C=N–C) groups is 1. The molecule has 0 aliphatic carbocycles. The fourth-order valence-electron chi connectivity index (χ4n) is 3.11. The highest BCUT2D eigenvalue weighted by Crippen LogP contribution is 2.19. The first-order valence-corrected chi connectivity index (χ1v) is 11.2. The third-order valence-electron chi connectivity index (χ3n) is 4.96. The average molecular weight is 524 g/mol. The van der Waals surface area contributed by atoms with Gasteiger partial charge in [0.05, 0.1) is 17.7 Å². The summed E-state index contributed by atoms with van der Waals surface area (Å²) in [5.41, 5.74) is 13.5. The van der Waals surface area contributed by atoms with E-state index in [2.05, 4.69) is 15.6 Å². The number of amides is 1. The second-order valence-corrected chi connectivity index (χ2v) is 8.44. The van der Waals surface area contributed by atoms with Crippen LogP contribution in [0, 0.1) is 17.5 Å². The van der Waals surface area contributed by atoms with Crippen LogP contribution in [0.5, 0.6) is 0 Å². The number of hydrogen-bond donors (Lipinski definition) is 4. The summed E-state index contributed by atoms with van der Waals surface area (Å²) in [4.78, 5) is 17.0. The predicted molar refractivity (Wildman–Crippen MR) is 130 cm³/mol. The van der Waals surface area contributed by atoms with Gasteiger partial charge in [0.25, 0.3) is 5.91 Å². The molecule has 11 heteroatoms. The fourth-order valence-corrected chi connectivity index (χ4v) is 3.45. The van der Waals surface area contributed by atoms with Crippen LogP contribution < -0.4 is 22.1 Å². The molecule has 0 saturated heterocycles. The number of hydrogen-bond acceptors (Lipinski definition) is 4. The van der Waals surface area contributed by atoms with Crippen molar-refractivity contribution in [3.63, 3.8) is 0 Å². The maximum Gasteiger partial charge on any atom is 0.258 e. The Balaban J connectivity index is 1.76. The van der Waals surface area contributed by atoms with Crippen molar-refractivity contribution in [3.05, 3.63) is 105 Å². The van der Waals surface area contributed by atoms with E-state index in [9.17, 15) is 18.0 Å². The highest BCUT2D eigenvalue weighted by Gasteiger charge is 2.16. The van der Waals surface area contributed by atoms with Gasteiger partial charge in [-0.1, -0.05) is 41.4 Å². The van der Waals surface area contributed by atoms with E-state index in [1.807, 2.05) is 0 Å². The first-order valence-electron chi connectivity index (χ1n) is 10.4. The number of nitrogens with zero attached hydrogens (tertiary/aromatic N) is 1. The lowest BCUT2D eigenvalue weighted by molar-refractivity contribution is 0.0975. The van der Waals surface area contributed by atoms with Crippen LogP contribution in [0.15, 0.2) is 65.7 Å². The Labute approximate surface area is 210 Å². The van der Waals surface area contributed by atoms with E-state index in [1.165, 1.54) is 36.4 Å². The van der Waals surface area contributed by atoms with Crippen LogP contribution in [-0.2, 0) is 6.54 Å². The Morgan fingerprint density at radius 2 is 1.60 bits per heavy atom. The van der Waals surface area contributed by atoms with Crippen molar-refractivity contribution in [2.45, 2.75) is 25.2 Å². The van der Waals surface area contributed by atoms with E-state index in [0.717, 1.165) is 12.1 Å². The zero-order valence-electron chi connectivity index (χ0n) is 18.2. The lowest BCUT2D eigenvalue weighted by Gasteiger charge is -2.21. The zero-order valence-corrected chi connectivity index (χ0v) is 19.8. The lowest BCUT2D eigenvalue weighted by atomic mass is 10.0. The molecule has 1 amide bonds. The molecule has 2 atom stereocenters. The van der Waals surface area contributed by atoms with Crippen LogP contribution in [0.4, 0.5) is 13.2 Å². The standard InChI is InChI=1S/C24H22Cl2F3N5O/c25-18-8-4-14(9-20(18)29)23(35)34-24(32-12-15-3-7-17(28)10-19(15)26)33-22(31)11-21(30)13-1-5-16(27)6-2-13/h1-10,21-22H,11-12,30-31H2,(H2,32,33,34,35). The van der Waals surface area contributed by atoms with Crippen molar-refractivity contribution < 1.29 is 18.0 Å². The average Bonchev–Trinajstić information content (AvgIpc) is 2.80. The van der Waals surface area contributed by atoms with Gasteiger partial charge in [0.1, 0.15) is 17.5 Å². The van der Waals surface area contributed by atoms with E-state index in [0.29, 0.717) is 11.1 Å². The van der Waals surface area contributed by atoms with Crippen LogP contribution in [0.2, 0.25) is 10.0 Å². The molecule has 0 heterocycles. The molecule has 35 heavy (non-hydrogen) atoms. The van der Waals surface area contributed by atoms with E-state index in [1.54, 1.807) is 12.1 Å². The minimum Gasteiger partial charge on any atom is -0.341 e. The van der Waals surface area contributed by atoms with Gasteiger partial charge in [0.2, 0.25) is 0 Å². The van der Waals surface area contributed by atoms with E-state index in [-0.39, 0.29) is 34.5 Å². The van der Waals surface area contributed by atoms with E-state index >= 15 is 0 Å². The highest BCUT2D eigenvalue weighted by molar-refractivity contribution is 6.31. The number of carbonyl (C=O) groups excluding carboxylic acids is 1. The van der Waals surface area contributed by atoms with Crippen LogP contribution in [0.3, 0.4) is 0 Å². The van der Waals surface area contributed by atoms with Crippen LogP contribution in [-0.4, -0.2) is 18.0 Å². The van der Waals surface area contributed by atoms with Crippen molar-refractivity contribution in [1.29, 1.82) is 0 Å². The predicted octanol–water partition coefficient (Wildman–Crippen LogP) is 4.66. The Hall–Kier alpha value is -3.11. The highest BCUT2D eigenvalue weighted by atomic mass is 35.5. The number of nitrogens with two attached hydrogens (primary N) is 2. The quantitative estimate of drug-likeness (QED) is 0.205. The SMILES string of the molecule is NC(CC(N)c1ccc(F)cc1)NC(=NCc1ccc(F)cc1Cl)NC(=O)c1ccc(Cl)c(F)c1. The number of carbonyl (C=O) groups is 1. The smallest absolute Gasteiger partial charge is 0.258 e. The van der Waals surface area contributed by atoms with Crippen LogP contribution in [0.1, 0.15) is 33.9 Å². The van der Waals surface area contributed by atoms with Gasteiger partial charge in [-0.2, -0.15) is 0 Å². The second kappa shape index (κ2) is 12.0. The molecular formula is C24H22Cl2F3N5O. The molecule has 0 spiro atoms. The molecule has 0 radical (unpaired) electrons. The summed E-state index contributed by atoms with van der Waals surface area (Å²) in [5.74, 6) is -2.36. The topological polar surface area (TPSA) is 106 Å². The van der Waals surface area contributed by atoms with Crippen molar-refractivity contribution in [2.24, 2.45) is 16.5 Å². The number of guanidine groups is 1. The summed E-state index contributed by atoms with van der Waals surface area (Å²) in [5, 5.41) is 5.42. The number of benzene rings is 3. The summed E-state index contributed by atoms with van der Waals surface area (Å²) in [6.45, 7) is -0.0204. The Morgan fingerprint density at radius 1 is 0.914 bits per heavy atom. The molecule has 184 valence electrons. The van der Waals surface area contributed by atoms with Crippen LogP contribution in [0.25, 0.3) is 0 Å². The third kappa shape index (κ3) is 7.69. The molecule has 0 aromatic heterocycles. The molecule has 6 N–H and O–H groups in total. The van der Waals surface area contributed by atoms with Crippen molar-refractivity contribution in [2.75, 3.05) is 0 Å². The largest absolute Gasteiger partial charge is 0.341 e. The monoisotopic (exact) mass is 523 g/mol. The van der Waals surface area contributed by atoms with Crippen molar-refractivity contribution in [1.82, 2.24) is 10.6 Å². The van der Waals surface area contributed by atoms with Gasteiger partial charge in [-0.25, -0.2) is 18.2 Å². The maximum absolute atomic E-state index is 13.8. The Morgan fingerprint density at radius 3 is 2.26 bits per heavy atom. The molecule has 3 aromatic rings. The molecular weight excluding hydrogens is 502 g/mol. The summed E-state index contributed by atoms with van der Waals surface area (Å²) < 4.78 is 40.3. The van der Waals surface area contributed by atoms with Gasteiger partial charge in [0.15, 0.2) is 5.96 Å². The molecule has 6 nitrogen and oxygen atoms in total. The molecule has 3 aromatic carbocycles. The lowest BCUT2D eigenvalue weighted by Crippen LogP contribution is -2.50. The van der Waals surface area contributed by atoms with Gasteiger partial charge in [-0.05, 0) is 60.0 Å². The molecule has 0 bridgehead atoms. The van der Waals surface area contributed by atoms with Crippen molar-refractivity contribution >= 4 is 35.1 Å². The van der Waals surface area contributed by atoms with E-state index < -0.39 is 35.6 Å². The maximum atomic E-state index is 13.8. The van der Waals surface area contributed by atoms with E-state index in [4.69, 9.17) is 34.7 Å². The second-order valence-electron chi connectivity index (χ2n) is 7.63. The molecule has 0 aliphatic rings. The minimum atomic E-state index is -0.778. The normalized spacial score (nSPS) is 13.3. The first kappa shape index (κ1) is 26.5. The zero-order chi connectivity index (χ0) is 25.5. The fraction of sp³-hybridized carbons (Fsp3) is 0.167. The number of nitrogens with one attached hydrogen (secondary N) is 2. The third-order valence-corrected chi connectivity index (χ3v) is 5.62. The first-order chi connectivity index (χ1) is 16.6. The molecule has 0 fully saturated rings. The number of halogens is 5. The van der Waals surface area contributed by atoms with Gasteiger partial charge in [0, 0.05) is 16.6 Å². The van der Waals surface area contributed by atoms with Gasteiger partial charge in [-0.3, -0.25) is 10.1 Å². The van der Waals surface area contributed by atoms with Gasteiger partial charge in [-0.15, -0.1) is 0 Å². The molecule has 3 rings (SSSR count). The van der Waals surface area contributed by atoms with Crippen molar-refractivity contribution in [3.8, 4) is 0 Å². The Bertz CT molecular complexity index is 1220. The summed E-state index contributed by atoms with van der Waals surface area (Å²) in [6, 6.07) is 12.6. The van der Waals surface area contributed by atoms with Gasteiger partial charge >= 0.3 is 0 Å². The minimum absolute atomic E-state index is 0.00204. The Kier molecular flexibility index (Phi) is 9.11. The summed E-state index contributed by atoms with van der Waals surface area (Å²) >= 11 is 11.7. The number of rotatable bonds is 7. The van der Waals surface area contributed by atoms with Gasteiger partial charge < -0.3 is 16.8 Å². The summed E-state index contributed by atoms with van der Waals surface area (Å²) in [7, 11) is 0. The molecule has 0 saturated carbocycles. The van der Waals surface area contributed by atoms with Crippen LogP contribution >= 0.6 is 23.2 Å². The summed E-state index contributed by atoms with van der Waals surface area (Å²) in [6.07, 6.45) is -0.576. The molecule has 2 unspecified atom stereocenters. The molecule has 0 aliphatic heterocycles.